The molecule has 1 saturated heterocycles. The van der Waals surface area contributed by atoms with Crippen molar-refractivity contribution in [3.8, 4) is 0 Å². The summed E-state index contributed by atoms with van der Waals surface area (Å²) < 4.78 is 9.24. The van der Waals surface area contributed by atoms with Crippen LogP contribution in [0.25, 0.3) is 0 Å². The molecule has 0 saturated carbocycles. The smallest absolute Gasteiger partial charge is 0.313 e. The van der Waals surface area contributed by atoms with Gasteiger partial charge in [0, 0.05) is 0 Å². The normalized spacial score (nSPS) is 29.8. The van der Waals surface area contributed by atoms with Gasteiger partial charge in [-0.2, -0.15) is 0 Å². The van der Waals surface area contributed by atoms with Gasteiger partial charge >= 0.3 is 11.9 Å². The zero-order valence-corrected chi connectivity index (χ0v) is 6.49. The third-order valence-electron chi connectivity index (χ3n) is 1.77. The highest BCUT2D eigenvalue weighted by atomic mass is 16.6. The van der Waals surface area contributed by atoms with Gasteiger partial charge in [0.2, 0.25) is 0 Å². The Morgan fingerprint density at radius 1 is 1.73 bits per heavy atom. The number of cyclic esters (lactones) is 1. The Bertz CT molecular complexity index is 187. The van der Waals surface area contributed by atoms with Crippen molar-refractivity contribution in [1.82, 2.24) is 0 Å². The second kappa shape index (κ2) is 2.90. The molecule has 0 aliphatic carbocycles. The first kappa shape index (κ1) is 8.04. The second-order valence-corrected chi connectivity index (χ2v) is 2.53. The fourth-order valence-electron chi connectivity index (χ4n) is 1.11. The van der Waals surface area contributed by atoms with Crippen LogP contribution in [0, 0.1) is 5.92 Å². The number of carbonyl (C=O) groups excluding carboxylic acids is 2. The maximum atomic E-state index is 10.9. The summed E-state index contributed by atoms with van der Waals surface area (Å²) in [5.41, 5.74) is 0. The Morgan fingerprint density at radius 3 is 2.73 bits per heavy atom. The first-order chi connectivity index (χ1) is 5.15. The summed E-state index contributed by atoms with van der Waals surface area (Å²) in [6.07, 6.45) is -0.191. The monoisotopic (exact) mass is 158 g/mol. The van der Waals surface area contributed by atoms with Crippen LogP contribution in [0.3, 0.4) is 0 Å². The molecule has 1 heterocycles. The highest BCUT2D eigenvalue weighted by molar-refractivity contribution is 5.83. The molecular weight excluding hydrogens is 148 g/mol. The fraction of sp³-hybridized carbons (Fsp3) is 0.714. The summed E-state index contributed by atoms with van der Waals surface area (Å²) >= 11 is 0. The summed E-state index contributed by atoms with van der Waals surface area (Å²) in [6, 6.07) is 0. The van der Waals surface area contributed by atoms with Crippen molar-refractivity contribution in [2.45, 2.75) is 19.4 Å². The van der Waals surface area contributed by atoms with E-state index in [4.69, 9.17) is 4.74 Å². The van der Waals surface area contributed by atoms with E-state index in [-0.39, 0.29) is 24.5 Å². The summed E-state index contributed by atoms with van der Waals surface area (Å²) in [6.45, 7) is 1.69. The quantitative estimate of drug-likeness (QED) is 0.508. The van der Waals surface area contributed by atoms with Crippen LogP contribution in [0.4, 0.5) is 0 Å². The van der Waals surface area contributed by atoms with Crippen molar-refractivity contribution in [3.05, 3.63) is 0 Å². The molecule has 0 unspecified atom stereocenters. The third-order valence-corrected chi connectivity index (χ3v) is 1.77. The van der Waals surface area contributed by atoms with Gasteiger partial charge in [0.25, 0.3) is 0 Å². The van der Waals surface area contributed by atoms with E-state index in [2.05, 4.69) is 4.74 Å². The first-order valence-corrected chi connectivity index (χ1v) is 3.42. The second-order valence-electron chi connectivity index (χ2n) is 2.53. The lowest BCUT2D eigenvalue weighted by molar-refractivity contribution is -0.147. The lowest BCUT2D eigenvalue weighted by atomic mass is 10.0. The molecule has 1 rings (SSSR count). The molecule has 0 N–H and O–H groups in total. The van der Waals surface area contributed by atoms with Crippen LogP contribution in [-0.4, -0.2) is 25.2 Å². The van der Waals surface area contributed by atoms with Gasteiger partial charge in [-0.1, -0.05) is 0 Å². The molecule has 1 aliphatic heterocycles. The van der Waals surface area contributed by atoms with E-state index in [9.17, 15) is 9.59 Å². The maximum Gasteiger partial charge on any atom is 0.313 e. The van der Waals surface area contributed by atoms with Crippen molar-refractivity contribution in [2.75, 3.05) is 7.11 Å². The Balaban J connectivity index is 2.59. The minimum Gasteiger partial charge on any atom is -0.469 e. The number of carbonyl (C=O) groups is 2. The average Bonchev–Trinajstić information content (AvgIpc) is 2.28. The topological polar surface area (TPSA) is 52.6 Å². The largest absolute Gasteiger partial charge is 0.469 e. The predicted octanol–water partition coefficient (Wildman–Crippen LogP) is 0.111. The standard InChI is InChI=1S/C7H10O4/c1-4-5(7(9)10-2)3-6(8)11-4/h4-5H,3H2,1-2H3/t4-,5+/m1/s1. The third kappa shape index (κ3) is 1.50. The first-order valence-electron chi connectivity index (χ1n) is 3.42. The molecule has 0 amide bonds. The SMILES string of the molecule is COC(=O)[C@H]1CC(=O)O[C@@H]1C. The summed E-state index contributed by atoms with van der Waals surface area (Å²) in [4.78, 5) is 21.6. The number of hydrogen-bond donors (Lipinski definition) is 0. The number of ether oxygens (including phenoxy) is 2. The van der Waals surface area contributed by atoms with Gasteiger partial charge in [-0.05, 0) is 6.92 Å². The lowest BCUT2D eigenvalue weighted by Crippen LogP contribution is -2.22. The van der Waals surface area contributed by atoms with E-state index in [1.807, 2.05) is 0 Å². The van der Waals surface area contributed by atoms with Gasteiger partial charge in [-0.25, -0.2) is 0 Å². The van der Waals surface area contributed by atoms with Crippen LogP contribution in [0.2, 0.25) is 0 Å². The molecular formula is C7H10O4. The number of rotatable bonds is 1. The molecule has 0 aromatic carbocycles. The van der Waals surface area contributed by atoms with Gasteiger partial charge < -0.3 is 9.47 Å². The highest BCUT2D eigenvalue weighted by Crippen LogP contribution is 2.22. The van der Waals surface area contributed by atoms with Gasteiger partial charge in [-0.15, -0.1) is 0 Å². The van der Waals surface area contributed by atoms with Crippen molar-refractivity contribution in [3.63, 3.8) is 0 Å². The van der Waals surface area contributed by atoms with E-state index in [1.54, 1.807) is 6.92 Å². The van der Waals surface area contributed by atoms with Crippen LogP contribution in [-0.2, 0) is 19.1 Å². The van der Waals surface area contributed by atoms with E-state index < -0.39 is 5.92 Å². The maximum absolute atomic E-state index is 10.9. The summed E-state index contributed by atoms with van der Waals surface area (Å²) in [5.74, 6) is -1.11. The molecule has 1 aliphatic rings. The van der Waals surface area contributed by atoms with Gasteiger partial charge in [0.05, 0.1) is 13.5 Å². The molecule has 62 valence electrons. The Hall–Kier alpha value is -1.06. The Kier molecular flexibility index (Phi) is 2.12. The lowest BCUT2D eigenvalue weighted by Gasteiger charge is -2.08. The highest BCUT2D eigenvalue weighted by Gasteiger charge is 2.37. The van der Waals surface area contributed by atoms with E-state index in [0.29, 0.717) is 0 Å². The van der Waals surface area contributed by atoms with E-state index >= 15 is 0 Å². The number of esters is 2. The predicted molar refractivity (Wildman–Crippen MR) is 35.7 cm³/mol. The Labute approximate surface area is 64.5 Å². The fourth-order valence-corrected chi connectivity index (χ4v) is 1.11. The van der Waals surface area contributed by atoms with Crippen LogP contribution in [0.1, 0.15) is 13.3 Å². The molecule has 0 bridgehead atoms. The van der Waals surface area contributed by atoms with Crippen LogP contribution >= 0.6 is 0 Å². The average molecular weight is 158 g/mol. The van der Waals surface area contributed by atoms with Crippen molar-refractivity contribution < 1.29 is 19.1 Å². The summed E-state index contributed by atoms with van der Waals surface area (Å²) in [5, 5.41) is 0. The zero-order valence-electron chi connectivity index (χ0n) is 6.49. The van der Waals surface area contributed by atoms with Crippen LogP contribution < -0.4 is 0 Å². The van der Waals surface area contributed by atoms with Crippen LogP contribution in [0.15, 0.2) is 0 Å². The van der Waals surface area contributed by atoms with Crippen molar-refractivity contribution in [2.24, 2.45) is 5.92 Å². The van der Waals surface area contributed by atoms with E-state index in [0.717, 1.165) is 0 Å². The zero-order chi connectivity index (χ0) is 8.43. The van der Waals surface area contributed by atoms with Crippen molar-refractivity contribution in [1.29, 1.82) is 0 Å². The molecule has 1 fully saturated rings. The minimum atomic E-state index is -0.410. The molecule has 0 radical (unpaired) electrons. The molecule has 0 aromatic heterocycles. The molecule has 4 heteroatoms. The van der Waals surface area contributed by atoms with Crippen molar-refractivity contribution >= 4 is 11.9 Å². The molecule has 11 heavy (non-hydrogen) atoms. The number of hydrogen-bond acceptors (Lipinski definition) is 4. The molecule has 0 aromatic rings. The number of methoxy groups -OCH3 is 1. The molecule has 4 nitrogen and oxygen atoms in total. The Morgan fingerprint density at radius 2 is 2.36 bits per heavy atom. The van der Waals surface area contributed by atoms with Crippen LogP contribution in [0.5, 0.6) is 0 Å². The van der Waals surface area contributed by atoms with E-state index in [1.165, 1.54) is 7.11 Å². The van der Waals surface area contributed by atoms with Gasteiger partial charge in [0.1, 0.15) is 12.0 Å². The summed E-state index contributed by atoms with van der Waals surface area (Å²) in [7, 11) is 1.30. The van der Waals surface area contributed by atoms with Gasteiger partial charge in [-0.3, -0.25) is 9.59 Å². The molecule has 0 spiro atoms. The van der Waals surface area contributed by atoms with Gasteiger partial charge in [0.15, 0.2) is 0 Å². The molecule has 2 atom stereocenters. The minimum absolute atomic E-state index is 0.147.